The number of carbonyl (C=O) groups excluding carboxylic acids is 2. The van der Waals surface area contributed by atoms with E-state index in [2.05, 4.69) is 13.5 Å². The highest BCUT2D eigenvalue weighted by Gasteiger charge is 2.77. The van der Waals surface area contributed by atoms with Gasteiger partial charge in [-0.25, -0.2) is 0 Å². The quantitative estimate of drug-likeness (QED) is 0.359. The molecule has 0 saturated carbocycles. The SMILES string of the molecule is C=CCN(CCCCC)C(=O)C1N([C@@H](CO)C(C)C)C(=O)[C@@H]2[C@H](C(=O)O)[C@@H]3CC(C)C12S3. The number of fused-ring (bicyclic) bond motifs is 1. The monoisotopic (exact) mass is 466 g/mol. The largest absolute Gasteiger partial charge is 0.481 e. The van der Waals surface area contributed by atoms with Crippen LogP contribution in [0, 0.1) is 23.7 Å². The number of aliphatic hydroxyl groups is 1. The zero-order valence-corrected chi connectivity index (χ0v) is 20.5. The van der Waals surface area contributed by atoms with Gasteiger partial charge in [0, 0.05) is 18.3 Å². The molecule has 180 valence electrons. The van der Waals surface area contributed by atoms with Gasteiger partial charge in [0.1, 0.15) is 6.04 Å². The lowest BCUT2D eigenvalue weighted by molar-refractivity contribution is -0.150. The minimum absolute atomic E-state index is 0.0359. The van der Waals surface area contributed by atoms with Gasteiger partial charge in [0.25, 0.3) is 0 Å². The second-order valence-corrected chi connectivity index (χ2v) is 11.5. The van der Waals surface area contributed by atoms with Crippen LogP contribution in [0.15, 0.2) is 12.7 Å². The van der Waals surface area contributed by atoms with Gasteiger partial charge in [0.15, 0.2) is 0 Å². The van der Waals surface area contributed by atoms with Crippen molar-refractivity contribution >= 4 is 29.5 Å². The number of amides is 2. The predicted octanol–water partition coefficient (Wildman–Crippen LogP) is 2.63. The highest BCUT2D eigenvalue weighted by molar-refractivity contribution is 8.02. The molecule has 32 heavy (non-hydrogen) atoms. The highest BCUT2D eigenvalue weighted by atomic mass is 32.2. The second-order valence-electron chi connectivity index (χ2n) is 9.91. The zero-order valence-electron chi connectivity index (χ0n) is 19.7. The Balaban J connectivity index is 2.09. The third-order valence-corrected chi connectivity index (χ3v) is 9.79. The first-order valence-corrected chi connectivity index (χ1v) is 12.8. The van der Waals surface area contributed by atoms with Crippen LogP contribution >= 0.6 is 11.8 Å². The molecule has 0 radical (unpaired) electrons. The van der Waals surface area contributed by atoms with Gasteiger partial charge in [-0.2, -0.15) is 0 Å². The van der Waals surface area contributed by atoms with E-state index in [4.69, 9.17) is 0 Å². The van der Waals surface area contributed by atoms with Gasteiger partial charge in [-0.1, -0.05) is 46.6 Å². The third kappa shape index (κ3) is 3.77. The maximum Gasteiger partial charge on any atom is 0.308 e. The summed E-state index contributed by atoms with van der Waals surface area (Å²) in [4.78, 5) is 43.5. The molecule has 0 aromatic heterocycles. The minimum Gasteiger partial charge on any atom is -0.481 e. The lowest BCUT2D eigenvalue weighted by Gasteiger charge is -2.42. The van der Waals surface area contributed by atoms with Crippen LogP contribution in [-0.2, 0) is 14.4 Å². The summed E-state index contributed by atoms with van der Waals surface area (Å²) < 4.78 is -0.769. The summed E-state index contributed by atoms with van der Waals surface area (Å²) in [6, 6.07) is -1.30. The third-order valence-electron chi connectivity index (χ3n) is 7.71. The lowest BCUT2D eigenvalue weighted by atomic mass is 9.66. The van der Waals surface area contributed by atoms with E-state index < -0.39 is 34.6 Å². The van der Waals surface area contributed by atoms with E-state index in [9.17, 15) is 24.6 Å². The van der Waals surface area contributed by atoms with Crippen LogP contribution in [0.25, 0.3) is 0 Å². The fourth-order valence-electron chi connectivity index (χ4n) is 6.17. The molecule has 0 aliphatic carbocycles. The Morgan fingerprint density at radius 3 is 2.59 bits per heavy atom. The first kappa shape index (κ1) is 25.1. The van der Waals surface area contributed by atoms with Crippen molar-refractivity contribution in [1.29, 1.82) is 0 Å². The van der Waals surface area contributed by atoms with Crippen LogP contribution in [0.4, 0.5) is 0 Å². The van der Waals surface area contributed by atoms with Gasteiger partial charge >= 0.3 is 5.97 Å². The summed E-state index contributed by atoms with van der Waals surface area (Å²) in [6.45, 7) is 12.5. The van der Waals surface area contributed by atoms with E-state index >= 15 is 0 Å². The molecule has 3 heterocycles. The number of hydrogen-bond acceptors (Lipinski definition) is 5. The number of likely N-dealkylation sites (tertiary alicyclic amines) is 1. The zero-order chi connectivity index (χ0) is 23.8. The molecule has 3 rings (SSSR count). The number of aliphatic carboxylic acids is 1. The molecule has 0 aromatic rings. The topological polar surface area (TPSA) is 98.2 Å². The number of rotatable bonds is 11. The Morgan fingerprint density at radius 2 is 2.06 bits per heavy atom. The first-order chi connectivity index (χ1) is 15.2. The van der Waals surface area contributed by atoms with Crippen molar-refractivity contribution < 1.29 is 24.6 Å². The number of unbranched alkanes of at least 4 members (excludes halogenated alkanes) is 2. The van der Waals surface area contributed by atoms with Crippen LogP contribution < -0.4 is 0 Å². The Labute approximate surface area is 195 Å². The average molecular weight is 467 g/mol. The van der Waals surface area contributed by atoms with E-state index in [0.717, 1.165) is 19.3 Å². The van der Waals surface area contributed by atoms with E-state index in [0.29, 0.717) is 19.5 Å². The summed E-state index contributed by atoms with van der Waals surface area (Å²) in [6.07, 6.45) is 5.29. The number of aliphatic hydroxyl groups excluding tert-OH is 1. The predicted molar refractivity (Wildman–Crippen MR) is 125 cm³/mol. The number of carboxylic acid groups (broad SMARTS) is 1. The van der Waals surface area contributed by atoms with E-state index in [1.165, 1.54) is 0 Å². The molecule has 3 aliphatic rings. The van der Waals surface area contributed by atoms with Gasteiger partial charge in [0.05, 0.1) is 29.2 Å². The fourth-order valence-corrected chi connectivity index (χ4v) is 8.57. The molecular formula is C24H38N2O5S. The van der Waals surface area contributed by atoms with Gasteiger partial charge in [-0.3, -0.25) is 14.4 Å². The van der Waals surface area contributed by atoms with Crippen LogP contribution in [0.5, 0.6) is 0 Å². The molecule has 0 aromatic carbocycles. The number of nitrogens with zero attached hydrogens (tertiary/aromatic N) is 2. The van der Waals surface area contributed by atoms with Gasteiger partial charge in [-0.15, -0.1) is 18.3 Å². The van der Waals surface area contributed by atoms with E-state index in [-0.39, 0.29) is 35.5 Å². The molecular weight excluding hydrogens is 428 g/mol. The highest BCUT2D eigenvalue weighted by Crippen LogP contribution is 2.69. The van der Waals surface area contributed by atoms with Crippen molar-refractivity contribution in [3.05, 3.63) is 12.7 Å². The summed E-state index contributed by atoms with van der Waals surface area (Å²) in [5.74, 6) is -2.93. The maximum absolute atomic E-state index is 14.1. The second kappa shape index (κ2) is 9.75. The molecule has 1 spiro atoms. The molecule has 7 nitrogen and oxygen atoms in total. The Morgan fingerprint density at radius 1 is 1.38 bits per heavy atom. The number of hydrogen-bond donors (Lipinski definition) is 2. The van der Waals surface area contributed by atoms with Crippen molar-refractivity contribution in [2.24, 2.45) is 23.7 Å². The molecule has 2 amide bonds. The summed E-state index contributed by atoms with van der Waals surface area (Å²) >= 11 is 1.54. The molecule has 8 heteroatoms. The lowest BCUT2D eigenvalue weighted by Crippen LogP contribution is -2.60. The van der Waals surface area contributed by atoms with Crippen LogP contribution in [-0.4, -0.2) is 79.6 Å². The number of thioether (sulfide) groups is 1. The smallest absolute Gasteiger partial charge is 0.308 e. The summed E-state index contributed by atoms with van der Waals surface area (Å²) in [5, 5.41) is 20.0. The molecule has 3 fully saturated rings. The molecule has 3 unspecified atom stereocenters. The molecule has 2 bridgehead atoms. The first-order valence-electron chi connectivity index (χ1n) is 11.9. The molecule has 3 saturated heterocycles. The van der Waals surface area contributed by atoms with Crippen LogP contribution in [0.3, 0.4) is 0 Å². The van der Waals surface area contributed by atoms with Gasteiger partial charge in [-0.05, 0) is 24.7 Å². The van der Waals surface area contributed by atoms with Gasteiger partial charge < -0.3 is 20.0 Å². The standard InChI is InChI=1S/C24H38N2O5S/c1-6-8-9-11-25(10-7-2)22(29)20-24-15(5)12-17(32-24)18(23(30)31)19(24)21(28)26(20)16(13-27)14(3)4/h7,14-20,27H,2,6,8-13H2,1,3-5H3,(H,30,31)/t15?,16-,17-,18+,19-,20?,24?/m0/s1. The summed E-state index contributed by atoms with van der Waals surface area (Å²) in [5.41, 5.74) is 0. The van der Waals surface area contributed by atoms with Crippen molar-refractivity contribution in [2.75, 3.05) is 19.7 Å². The Kier molecular flexibility index (Phi) is 7.65. The number of carbonyl (C=O) groups is 3. The van der Waals surface area contributed by atoms with Crippen LogP contribution in [0.2, 0.25) is 0 Å². The van der Waals surface area contributed by atoms with Crippen LogP contribution in [0.1, 0.15) is 53.4 Å². The number of carboxylic acids is 1. The Bertz CT molecular complexity index is 759. The van der Waals surface area contributed by atoms with Crippen molar-refractivity contribution in [1.82, 2.24) is 9.80 Å². The maximum atomic E-state index is 14.1. The summed E-state index contributed by atoms with van der Waals surface area (Å²) in [7, 11) is 0. The molecule has 3 aliphatic heterocycles. The van der Waals surface area contributed by atoms with E-state index in [1.807, 2.05) is 20.8 Å². The molecule has 7 atom stereocenters. The van der Waals surface area contributed by atoms with E-state index in [1.54, 1.807) is 27.6 Å². The van der Waals surface area contributed by atoms with Crippen molar-refractivity contribution in [3.63, 3.8) is 0 Å². The normalized spacial score (nSPS) is 34.1. The Hall–Kier alpha value is -1.54. The molecule has 2 N–H and O–H groups in total. The van der Waals surface area contributed by atoms with Crippen molar-refractivity contribution in [3.8, 4) is 0 Å². The minimum atomic E-state index is -0.960. The average Bonchev–Trinajstić information content (AvgIpc) is 3.32. The van der Waals surface area contributed by atoms with Crippen molar-refractivity contribution in [2.45, 2.75) is 75.5 Å². The fraction of sp³-hybridized carbons (Fsp3) is 0.792. The van der Waals surface area contributed by atoms with Gasteiger partial charge in [0.2, 0.25) is 11.8 Å².